The number of hydrogen-bond acceptors (Lipinski definition) is 5. The number of likely N-dealkylation sites (N-methyl/N-ethyl adjacent to an activating group) is 1. The van der Waals surface area contributed by atoms with E-state index in [2.05, 4.69) is 18.3 Å². The number of ether oxygens (including phenoxy) is 1. The van der Waals surface area contributed by atoms with Gasteiger partial charge in [-0.3, -0.25) is 9.69 Å². The molecule has 1 heterocycles. The molecule has 0 bridgehead atoms. The van der Waals surface area contributed by atoms with Crippen LogP contribution >= 0.6 is 11.3 Å². The standard InChI is InChI=1S/C18H22N2O3S/c1-12-7-8-14(18(22)23-4)10-15(12)19-17(21)11-20(3)13(2)16-6-5-9-24-16/h5-10,13H,11H2,1-4H3,(H,19,21)/t13-/m0/s1. The molecule has 0 aliphatic rings. The Balaban J connectivity index is 2.03. The first-order valence-corrected chi connectivity index (χ1v) is 8.52. The Morgan fingerprint density at radius 1 is 1.33 bits per heavy atom. The lowest BCUT2D eigenvalue weighted by Crippen LogP contribution is -2.32. The van der Waals surface area contributed by atoms with E-state index in [-0.39, 0.29) is 18.5 Å². The molecule has 0 saturated heterocycles. The largest absolute Gasteiger partial charge is 0.465 e. The van der Waals surface area contributed by atoms with Crippen molar-refractivity contribution in [3.05, 3.63) is 51.7 Å². The first-order valence-electron chi connectivity index (χ1n) is 7.65. The monoisotopic (exact) mass is 346 g/mol. The van der Waals surface area contributed by atoms with Gasteiger partial charge in [0.05, 0.1) is 19.2 Å². The quantitative estimate of drug-likeness (QED) is 0.814. The molecular formula is C18H22N2O3S. The van der Waals surface area contributed by atoms with E-state index in [4.69, 9.17) is 4.74 Å². The van der Waals surface area contributed by atoms with Crippen LogP contribution in [-0.2, 0) is 9.53 Å². The predicted octanol–water partition coefficient (Wildman–Crippen LogP) is 3.47. The molecule has 0 aliphatic carbocycles. The Hall–Kier alpha value is -2.18. The fourth-order valence-electron chi connectivity index (χ4n) is 2.30. The van der Waals surface area contributed by atoms with Crippen molar-refractivity contribution in [3.8, 4) is 0 Å². The molecule has 2 aromatic rings. The highest BCUT2D eigenvalue weighted by molar-refractivity contribution is 7.10. The van der Waals surface area contributed by atoms with Crippen LogP contribution in [0.15, 0.2) is 35.7 Å². The first kappa shape index (κ1) is 18.2. The van der Waals surface area contributed by atoms with Crippen molar-refractivity contribution in [2.45, 2.75) is 19.9 Å². The number of methoxy groups -OCH3 is 1. The average Bonchev–Trinajstić information content (AvgIpc) is 3.09. The minimum Gasteiger partial charge on any atom is -0.465 e. The second-order valence-corrected chi connectivity index (χ2v) is 6.66. The highest BCUT2D eigenvalue weighted by atomic mass is 32.1. The lowest BCUT2D eigenvalue weighted by molar-refractivity contribution is -0.117. The third-order valence-electron chi connectivity index (χ3n) is 3.94. The van der Waals surface area contributed by atoms with Gasteiger partial charge in [0.1, 0.15) is 0 Å². The number of nitrogens with one attached hydrogen (secondary N) is 1. The number of amides is 1. The van der Waals surface area contributed by atoms with Gasteiger partial charge >= 0.3 is 5.97 Å². The summed E-state index contributed by atoms with van der Waals surface area (Å²) >= 11 is 1.68. The number of anilines is 1. The molecule has 6 heteroatoms. The molecule has 0 spiro atoms. The Labute approximate surface area is 146 Å². The Morgan fingerprint density at radius 2 is 2.08 bits per heavy atom. The van der Waals surface area contributed by atoms with E-state index in [1.807, 2.05) is 30.3 Å². The maximum atomic E-state index is 12.3. The van der Waals surface area contributed by atoms with Gasteiger partial charge in [0.25, 0.3) is 0 Å². The Kier molecular flexibility index (Phi) is 6.11. The lowest BCUT2D eigenvalue weighted by atomic mass is 10.1. The van der Waals surface area contributed by atoms with Gasteiger partial charge < -0.3 is 10.1 Å². The topological polar surface area (TPSA) is 58.6 Å². The van der Waals surface area contributed by atoms with Gasteiger partial charge in [-0.25, -0.2) is 4.79 Å². The normalized spacial score (nSPS) is 12.0. The number of aryl methyl sites for hydroxylation is 1. The van der Waals surface area contributed by atoms with E-state index in [9.17, 15) is 9.59 Å². The van der Waals surface area contributed by atoms with Crippen molar-refractivity contribution in [2.24, 2.45) is 0 Å². The van der Waals surface area contributed by atoms with Crippen LogP contribution in [0, 0.1) is 6.92 Å². The third kappa shape index (κ3) is 4.43. The molecule has 0 radical (unpaired) electrons. The van der Waals surface area contributed by atoms with Crippen molar-refractivity contribution in [1.29, 1.82) is 0 Å². The van der Waals surface area contributed by atoms with E-state index < -0.39 is 5.97 Å². The number of esters is 1. The number of rotatable bonds is 6. The van der Waals surface area contributed by atoms with Gasteiger partial charge in [0.2, 0.25) is 5.91 Å². The number of benzene rings is 1. The fourth-order valence-corrected chi connectivity index (χ4v) is 3.15. The predicted molar refractivity (Wildman–Crippen MR) is 96.5 cm³/mol. The summed E-state index contributed by atoms with van der Waals surface area (Å²) < 4.78 is 4.71. The maximum Gasteiger partial charge on any atom is 0.337 e. The second kappa shape index (κ2) is 8.08. The molecule has 1 atom stereocenters. The summed E-state index contributed by atoms with van der Waals surface area (Å²) in [5.74, 6) is -0.542. The molecule has 0 aliphatic heterocycles. The van der Waals surface area contributed by atoms with Gasteiger partial charge in [-0.2, -0.15) is 0 Å². The average molecular weight is 346 g/mol. The smallest absolute Gasteiger partial charge is 0.337 e. The van der Waals surface area contributed by atoms with Gasteiger partial charge in [-0.1, -0.05) is 12.1 Å². The summed E-state index contributed by atoms with van der Waals surface area (Å²) in [6.07, 6.45) is 0. The molecule has 128 valence electrons. The number of carbonyl (C=O) groups is 2. The molecule has 5 nitrogen and oxygen atoms in total. The van der Waals surface area contributed by atoms with Crippen LogP contribution in [0.5, 0.6) is 0 Å². The lowest BCUT2D eigenvalue weighted by Gasteiger charge is -2.23. The van der Waals surface area contributed by atoms with Crippen molar-refractivity contribution in [3.63, 3.8) is 0 Å². The molecule has 0 fully saturated rings. The zero-order valence-electron chi connectivity index (χ0n) is 14.3. The van der Waals surface area contributed by atoms with Crippen LogP contribution in [0.2, 0.25) is 0 Å². The fraction of sp³-hybridized carbons (Fsp3) is 0.333. The Morgan fingerprint density at radius 3 is 2.71 bits per heavy atom. The Bertz CT molecular complexity index is 713. The van der Waals surface area contributed by atoms with E-state index in [1.54, 1.807) is 29.5 Å². The molecule has 1 aromatic carbocycles. The summed E-state index contributed by atoms with van der Waals surface area (Å²) in [5.41, 5.74) is 1.93. The first-order chi connectivity index (χ1) is 11.4. The van der Waals surface area contributed by atoms with Crippen LogP contribution in [-0.4, -0.2) is 37.5 Å². The zero-order valence-corrected chi connectivity index (χ0v) is 15.1. The minimum absolute atomic E-state index is 0.119. The van der Waals surface area contributed by atoms with Crippen LogP contribution in [0.1, 0.15) is 33.8 Å². The number of hydrogen-bond donors (Lipinski definition) is 1. The van der Waals surface area contributed by atoms with Crippen molar-refractivity contribution in [1.82, 2.24) is 4.90 Å². The number of nitrogens with zero attached hydrogens (tertiary/aromatic N) is 1. The SMILES string of the molecule is COC(=O)c1ccc(C)c(NC(=O)CN(C)[C@@H](C)c2cccs2)c1. The molecule has 0 saturated carbocycles. The van der Waals surface area contributed by atoms with E-state index in [1.165, 1.54) is 12.0 Å². The molecule has 2 rings (SSSR count). The zero-order chi connectivity index (χ0) is 17.7. The second-order valence-electron chi connectivity index (χ2n) is 5.68. The van der Waals surface area contributed by atoms with Gasteiger partial charge in [0.15, 0.2) is 0 Å². The van der Waals surface area contributed by atoms with E-state index >= 15 is 0 Å². The van der Waals surface area contributed by atoms with Crippen LogP contribution in [0.3, 0.4) is 0 Å². The highest BCUT2D eigenvalue weighted by Crippen LogP contribution is 2.23. The maximum absolute atomic E-state index is 12.3. The van der Waals surface area contributed by atoms with Gasteiger partial charge in [-0.05, 0) is 50.0 Å². The molecule has 1 aromatic heterocycles. The van der Waals surface area contributed by atoms with Crippen molar-refractivity contribution in [2.75, 3.05) is 26.0 Å². The number of thiophene rings is 1. The summed E-state index contributed by atoms with van der Waals surface area (Å²) in [4.78, 5) is 27.2. The molecule has 0 unspecified atom stereocenters. The molecule has 1 amide bonds. The van der Waals surface area contributed by atoms with Crippen molar-refractivity contribution < 1.29 is 14.3 Å². The van der Waals surface area contributed by atoms with E-state index in [0.29, 0.717) is 11.3 Å². The van der Waals surface area contributed by atoms with Gasteiger partial charge in [0, 0.05) is 16.6 Å². The van der Waals surface area contributed by atoms with Crippen LogP contribution in [0.4, 0.5) is 5.69 Å². The highest BCUT2D eigenvalue weighted by Gasteiger charge is 2.16. The summed E-state index contributed by atoms with van der Waals surface area (Å²) in [5, 5.41) is 4.90. The number of carbonyl (C=O) groups excluding carboxylic acids is 2. The molecule has 1 N–H and O–H groups in total. The summed E-state index contributed by atoms with van der Waals surface area (Å²) in [6.45, 7) is 4.22. The molecular weight excluding hydrogens is 324 g/mol. The summed E-state index contributed by atoms with van der Waals surface area (Å²) in [7, 11) is 3.25. The van der Waals surface area contributed by atoms with Crippen molar-refractivity contribution >= 4 is 28.9 Å². The van der Waals surface area contributed by atoms with Crippen LogP contribution < -0.4 is 5.32 Å². The minimum atomic E-state index is -0.422. The van der Waals surface area contributed by atoms with Gasteiger partial charge in [-0.15, -0.1) is 11.3 Å². The van der Waals surface area contributed by atoms with Crippen LogP contribution in [0.25, 0.3) is 0 Å². The van der Waals surface area contributed by atoms with E-state index in [0.717, 1.165) is 5.56 Å². The summed E-state index contributed by atoms with van der Waals surface area (Å²) in [6, 6.07) is 9.35. The molecule has 24 heavy (non-hydrogen) atoms. The third-order valence-corrected chi connectivity index (χ3v) is 4.98.